The number of para-hydroxylation sites is 1. The Labute approximate surface area is 65.8 Å². The minimum atomic E-state index is -2.64. The molecule has 0 saturated carbocycles. The van der Waals surface area contributed by atoms with Gasteiger partial charge in [-0.15, -0.1) is 0 Å². The Bertz CT molecular complexity index is 338. The lowest BCUT2D eigenvalue weighted by Gasteiger charge is -2.00. The minimum absolute atomic E-state index is 0.0833. The van der Waals surface area contributed by atoms with E-state index in [-0.39, 0.29) is 10.6 Å². The van der Waals surface area contributed by atoms with Gasteiger partial charge in [-0.1, -0.05) is 6.07 Å². The highest BCUT2D eigenvalue weighted by Crippen LogP contribution is 2.19. The third kappa shape index (κ3) is 1.43. The predicted octanol–water partition coefficient (Wildman–Crippen LogP) is -0.179. The van der Waals surface area contributed by atoms with Gasteiger partial charge in [0.15, 0.2) is 10.7 Å². The Morgan fingerprint density at radius 1 is 1.18 bits per heavy atom. The van der Waals surface area contributed by atoms with E-state index in [9.17, 15) is 8.42 Å². The Kier molecular flexibility index (Phi) is 2.00. The Morgan fingerprint density at radius 2 is 1.82 bits per heavy atom. The van der Waals surface area contributed by atoms with Crippen LogP contribution < -0.4 is 11.5 Å². The van der Waals surface area contributed by atoms with E-state index < -0.39 is 10.7 Å². The van der Waals surface area contributed by atoms with Gasteiger partial charge in [0.05, 0.1) is 16.3 Å². The molecule has 0 amide bonds. The predicted molar refractivity (Wildman–Crippen MR) is 43.8 cm³/mol. The van der Waals surface area contributed by atoms with E-state index >= 15 is 0 Å². The third-order valence-electron chi connectivity index (χ3n) is 1.31. The molecule has 0 saturated heterocycles. The maximum Gasteiger partial charge on any atom is 0.170 e. The molecule has 0 radical (unpaired) electrons. The van der Waals surface area contributed by atoms with Crippen molar-refractivity contribution in [1.29, 1.82) is 0 Å². The fourth-order valence-corrected chi connectivity index (χ4v) is 1.26. The molecule has 0 unspecified atom stereocenters. The molecule has 0 aliphatic carbocycles. The highest BCUT2D eigenvalue weighted by atomic mass is 32.2. The first-order valence-electron chi connectivity index (χ1n) is 2.91. The average molecular weight is 172 g/mol. The van der Waals surface area contributed by atoms with Gasteiger partial charge < -0.3 is 11.5 Å². The van der Waals surface area contributed by atoms with Gasteiger partial charge in [-0.3, -0.25) is 0 Å². The first kappa shape index (κ1) is 7.87. The number of thiol groups is 1. The molecule has 0 atom stereocenters. The minimum Gasteiger partial charge on any atom is -0.397 e. The molecule has 1 aromatic rings. The summed E-state index contributed by atoms with van der Waals surface area (Å²) in [5.74, 6) is 0. The van der Waals surface area contributed by atoms with Crippen LogP contribution in [0.4, 0.5) is 11.4 Å². The maximum absolute atomic E-state index is 10.5. The molecule has 0 bridgehead atoms. The monoisotopic (exact) mass is 172 g/mol. The summed E-state index contributed by atoms with van der Waals surface area (Å²) in [5, 5.41) is 0. The van der Waals surface area contributed by atoms with E-state index in [1.807, 2.05) is 0 Å². The number of anilines is 2. The number of hydrogen-bond donors (Lipinski definition) is 3. The number of nitrogen functional groups attached to an aromatic ring is 2. The molecule has 5 heteroatoms. The van der Waals surface area contributed by atoms with Crippen molar-refractivity contribution in [3.63, 3.8) is 0 Å². The van der Waals surface area contributed by atoms with Crippen LogP contribution in [0.3, 0.4) is 0 Å². The van der Waals surface area contributed by atoms with Gasteiger partial charge in [-0.05, 0) is 12.1 Å². The second kappa shape index (κ2) is 2.79. The van der Waals surface area contributed by atoms with E-state index in [2.05, 4.69) is 0 Å². The van der Waals surface area contributed by atoms with Crippen LogP contribution in [-0.2, 0) is 10.7 Å². The lowest BCUT2D eigenvalue weighted by Crippen LogP contribution is -1.97. The zero-order valence-electron chi connectivity index (χ0n) is 5.65. The van der Waals surface area contributed by atoms with Gasteiger partial charge >= 0.3 is 0 Å². The molecule has 0 heterocycles. The SMILES string of the molecule is Nc1cccc([SH](=O)=O)c1N. The first-order chi connectivity index (χ1) is 5.13. The topological polar surface area (TPSA) is 86.2 Å². The van der Waals surface area contributed by atoms with Gasteiger partial charge in [-0.25, -0.2) is 8.42 Å². The van der Waals surface area contributed by atoms with Crippen molar-refractivity contribution < 1.29 is 8.42 Å². The summed E-state index contributed by atoms with van der Waals surface area (Å²) in [7, 11) is -2.64. The van der Waals surface area contributed by atoms with Gasteiger partial charge in [0, 0.05) is 0 Å². The summed E-state index contributed by atoms with van der Waals surface area (Å²) < 4.78 is 21.0. The van der Waals surface area contributed by atoms with Crippen molar-refractivity contribution in [2.24, 2.45) is 0 Å². The van der Waals surface area contributed by atoms with Crippen molar-refractivity contribution in [1.82, 2.24) is 0 Å². The first-order valence-corrected chi connectivity index (χ1v) is 4.09. The van der Waals surface area contributed by atoms with Crippen molar-refractivity contribution in [3.05, 3.63) is 18.2 Å². The molecular formula is C6H8N2O2S. The molecule has 11 heavy (non-hydrogen) atoms. The summed E-state index contributed by atoms with van der Waals surface area (Å²) in [6.45, 7) is 0. The van der Waals surface area contributed by atoms with Crippen molar-refractivity contribution in [2.45, 2.75) is 4.90 Å². The summed E-state index contributed by atoms with van der Waals surface area (Å²) in [4.78, 5) is 0.0833. The molecule has 0 aliphatic heterocycles. The number of nitrogens with two attached hydrogens (primary N) is 2. The quantitative estimate of drug-likeness (QED) is 0.405. The molecule has 0 aliphatic rings. The van der Waals surface area contributed by atoms with Crippen LogP contribution in [-0.4, -0.2) is 8.42 Å². The zero-order valence-corrected chi connectivity index (χ0v) is 6.54. The molecule has 4 N–H and O–H groups in total. The molecule has 0 spiro atoms. The van der Waals surface area contributed by atoms with E-state index in [1.54, 1.807) is 12.1 Å². The molecule has 0 aromatic heterocycles. The summed E-state index contributed by atoms with van der Waals surface area (Å²) in [6.07, 6.45) is 0. The lowest BCUT2D eigenvalue weighted by atomic mass is 10.3. The second-order valence-electron chi connectivity index (χ2n) is 2.04. The van der Waals surface area contributed by atoms with Crippen LogP contribution in [0, 0.1) is 0 Å². The van der Waals surface area contributed by atoms with E-state index in [1.165, 1.54) is 6.07 Å². The van der Waals surface area contributed by atoms with E-state index in [0.717, 1.165) is 0 Å². The smallest absolute Gasteiger partial charge is 0.170 e. The number of hydrogen-bond acceptors (Lipinski definition) is 4. The van der Waals surface area contributed by atoms with Crippen LogP contribution in [0.15, 0.2) is 23.1 Å². The molecule has 4 nitrogen and oxygen atoms in total. The summed E-state index contributed by atoms with van der Waals surface area (Å²) in [6, 6.07) is 4.52. The Morgan fingerprint density at radius 3 is 2.27 bits per heavy atom. The Balaban J connectivity index is 3.39. The molecular weight excluding hydrogens is 164 g/mol. The molecule has 60 valence electrons. The summed E-state index contributed by atoms with van der Waals surface area (Å²) >= 11 is 0. The van der Waals surface area contributed by atoms with Crippen LogP contribution >= 0.6 is 0 Å². The normalized spacial score (nSPS) is 10.3. The van der Waals surface area contributed by atoms with Crippen LogP contribution in [0.1, 0.15) is 0 Å². The van der Waals surface area contributed by atoms with E-state index in [4.69, 9.17) is 11.5 Å². The lowest BCUT2D eigenvalue weighted by molar-refractivity contribution is 0.615. The van der Waals surface area contributed by atoms with Gasteiger partial charge in [0.1, 0.15) is 0 Å². The van der Waals surface area contributed by atoms with Crippen molar-refractivity contribution >= 4 is 22.1 Å². The largest absolute Gasteiger partial charge is 0.397 e. The molecule has 1 aromatic carbocycles. The Hall–Kier alpha value is -1.23. The van der Waals surface area contributed by atoms with E-state index in [0.29, 0.717) is 5.69 Å². The van der Waals surface area contributed by atoms with Crippen LogP contribution in [0.2, 0.25) is 0 Å². The fraction of sp³-hybridized carbons (Fsp3) is 0. The highest BCUT2D eigenvalue weighted by molar-refractivity contribution is 7.72. The number of benzene rings is 1. The van der Waals surface area contributed by atoms with Crippen LogP contribution in [0.25, 0.3) is 0 Å². The fourth-order valence-electron chi connectivity index (χ4n) is 0.730. The van der Waals surface area contributed by atoms with Crippen molar-refractivity contribution in [3.8, 4) is 0 Å². The molecule has 1 rings (SSSR count). The third-order valence-corrected chi connectivity index (χ3v) is 2.10. The molecule has 0 fully saturated rings. The number of rotatable bonds is 1. The van der Waals surface area contributed by atoms with Gasteiger partial charge in [0.25, 0.3) is 0 Å². The highest BCUT2D eigenvalue weighted by Gasteiger charge is 2.02. The maximum atomic E-state index is 10.5. The van der Waals surface area contributed by atoms with Gasteiger partial charge in [-0.2, -0.15) is 0 Å². The van der Waals surface area contributed by atoms with Gasteiger partial charge in [0.2, 0.25) is 0 Å². The standard InChI is InChI=1S/C6H8N2O2S/c7-4-2-1-3-5(6(4)8)11(9)10/h1-3,11H,7-8H2. The average Bonchev–Trinajstić information content (AvgIpc) is 1.94. The second-order valence-corrected chi connectivity index (χ2v) is 3.03. The van der Waals surface area contributed by atoms with Crippen LogP contribution in [0.5, 0.6) is 0 Å². The zero-order chi connectivity index (χ0) is 8.43. The van der Waals surface area contributed by atoms with Crippen molar-refractivity contribution in [2.75, 3.05) is 11.5 Å². The summed E-state index contributed by atoms with van der Waals surface area (Å²) in [5.41, 5.74) is 11.2.